The van der Waals surface area contributed by atoms with Crippen LogP contribution in [0.2, 0.25) is 0 Å². The normalized spacial score (nSPS) is 20.5. The number of benzene rings is 2. The first-order chi connectivity index (χ1) is 20.8. The van der Waals surface area contributed by atoms with Gasteiger partial charge >= 0.3 is 0 Å². The molecule has 0 bridgehead atoms. The van der Waals surface area contributed by atoms with Gasteiger partial charge in [0.05, 0.1) is 28.7 Å². The maximum absolute atomic E-state index is 13.7. The molecule has 2 aliphatic rings. The Morgan fingerprint density at radius 3 is 2.53 bits per heavy atom. The molecule has 4 atom stereocenters. The van der Waals surface area contributed by atoms with Gasteiger partial charge < -0.3 is 32.3 Å². The van der Waals surface area contributed by atoms with Crippen LogP contribution in [-0.2, 0) is 20.8 Å². The van der Waals surface area contributed by atoms with E-state index in [0.29, 0.717) is 42.9 Å². The smallest absolute Gasteiger partial charge is 0.247 e. The van der Waals surface area contributed by atoms with Gasteiger partial charge in [-0.15, -0.1) is 11.3 Å². The van der Waals surface area contributed by atoms with Crippen LogP contribution >= 0.6 is 11.3 Å². The molecule has 0 aliphatic carbocycles. The number of nitrogens with two attached hydrogens (primary N) is 3. The Bertz CT molecular complexity index is 1490. The zero-order valence-electron chi connectivity index (χ0n) is 23.7. The molecule has 3 amide bonds. The number of Topliss-reactive ketones (excluding diaryl/α,β-unsaturated/α-hetero) is 1. The second-order valence-corrected chi connectivity index (χ2v) is 11.8. The lowest BCUT2D eigenvalue weighted by atomic mass is 10.0. The van der Waals surface area contributed by atoms with Gasteiger partial charge in [0, 0.05) is 19.6 Å². The molecule has 5 rings (SSSR count). The monoisotopic (exact) mass is 604 g/mol. The molecule has 2 saturated heterocycles. The molecule has 3 heterocycles. The van der Waals surface area contributed by atoms with E-state index in [0.717, 1.165) is 10.3 Å². The summed E-state index contributed by atoms with van der Waals surface area (Å²) in [6, 6.07) is 14.0. The minimum atomic E-state index is -0.879. The van der Waals surface area contributed by atoms with Gasteiger partial charge in [0.2, 0.25) is 23.5 Å². The molecule has 2 fully saturated rings. The van der Waals surface area contributed by atoms with Crippen LogP contribution in [0.15, 0.2) is 59.6 Å². The molecule has 1 aromatic heterocycles. The molecule has 13 heteroatoms. The van der Waals surface area contributed by atoms with Crippen molar-refractivity contribution in [3.8, 4) is 0 Å². The zero-order valence-corrected chi connectivity index (χ0v) is 24.5. The predicted molar refractivity (Wildman–Crippen MR) is 164 cm³/mol. The maximum Gasteiger partial charge on any atom is 0.247 e. The molecule has 0 saturated carbocycles. The van der Waals surface area contributed by atoms with Crippen molar-refractivity contribution in [3.05, 3.63) is 65.2 Å². The van der Waals surface area contributed by atoms with Crippen molar-refractivity contribution in [3.63, 3.8) is 0 Å². The highest BCUT2D eigenvalue weighted by Gasteiger charge is 2.49. The number of ketones is 1. The number of aliphatic imine (C=N–C) groups is 1. The van der Waals surface area contributed by atoms with Crippen LogP contribution in [0.25, 0.3) is 10.2 Å². The van der Waals surface area contributed by atoms with Crippen LogP contribution in [0, 0.1) is 0 Å². The highest BCUT2D eigenvalue weighted by atomic mass is 32.1. The van der Waals surface area contributed by atoms with E-state index in [9.17, 15) is 19.2 Å². The number of amides is 3. The quantitative estimate of drug-likeness (QED) is 0.107. The van der Waals surface area contributed by atoms with E-state index in [-0.39, 0.29) is 49.0 Å². The van der Waals surface area contributed by atoms with Crippen molar-refractivity contribution in [2.45, 2.75) is 56.3 Å². The largest absolute Gasteiger partial charge is 0.370 e. The average molecular weight is 605 g/mol. The topological polar surface area (TPSA) is 190 Å². The fourth-order valence-corrected chi connectivity index (χ4v) is 6.82. The number of thiazole rings is 1. The molecule has 4 unspecified atom stereocenters. The van der Waals surface area contributed by atoms with E-state index in [2.05, 4.69) is 15.3 Å². The number of hydrogen-bond acceptors (Lipinski definition) is 8. The van der Waals surface area contributed by atoms with E-state index >= 15 is 0 Å². The second-order valence-electron chi connectivity index (χ2n) is 10.8. The molecule has 3 aromatic rings. The number of rotatable bonds is 11. The molecule has 2 aromatic carbocycles. The minimum Gasteiger partial charge on any atom is -0.370 e. The van der Waals surface area contributed by atoms with Crippen molar-refractivity contribution in [2.24, 2.45) is 22.2 Å². The number of guanidine groups is 1. The Kier molecular flexibility index (Phi) is 9.31. The first-order valence-corrected chi connectivity index (χ1v) is 15.2. The van der Waals surface area contributed by atoms with Gasteiger partial charge in [-0.05, 0) is 43.4 Å². The van der Waals surface area contributed by atoms with E-state index in [1.165, 1.54) is 11.3 Å². The van der Waals surface area contributed by atoms with Gasteiger partial charge in [0.1, 0.15) is 12.1 Å². The van der Waals surface area contributed by atoms with Crippen molar-refractivity contribution >= 4 is 51.0 Å². The average Bonchev–Trinajstić information content (AvgIpc) is 3.63. The van der Waals surface area contributed by atoms with E-state index in [1.807, 2.05) is 54.6 Å². The Labute approximate surface area is 253 Å². The number of aromatic nitrogens is 1. The van der Waals surface area contributed by atoms with Crippen molar-refractivity contribution < 1.29 is 19.2 Å². The molecule has 226 valence electrons. The summed E-state index contributed by atoms with van der Waals surface area (Å²) >= 11 is 1.27. The highest BCUT2D eigenvalue weighted by Crippen LogP contribution is 2.31. The number of nitrogens with one attached hydrogen (secondary N) is 1. The van der Waals surface area contributed by atoms with E-state index in [4.69, 9.17) is 17.2 Å². The number of nitrogens with zero attached hydrogens (tertiary/aromatic N) is 4. The third kappa shape index (κ3) is 6.67. The Morgan fingerprint density at radius 1 is 1.07 bits per heavy atom. The molecule has 2 aliphatic heterocycles. The molecule has 12 nitrogen and oxygen atoms in total. The second kappa shape index (κ2) is 13.3. The minimum absolute atomic E-state index is 0.0514. The van der Waals surface area contributed by atoms with Gasteiger partial charge in [-0.3, -0.25) is 24.2 Å². The van der Waals surface area contributed by atoms with Gasteiger partial charge in [0.15, 0.2) is 11.0 Å². The third-order valence-electron chi connectivity index (χ3n) is 7.95. The van der Waals surface area contributed by atoms with Gasteiger partial charge in [-0.1, -0.05) is 42.5 Å². The molecule has 7 N–H and O–H groups in total. The highest BCUT2D eigenvalue weighted by molar-refractivity contribution is 7.20. The number of fused-ring (bicyclic) bond motifs is 2. The molecular weight excluding hydrogens is 568 g/mol. The maximum atomic E-state index is 13.7. The SMILES string of the molecule is NCC1C(=O)N2C(CCC2C(=O)NC(CCCN=C(N)N)C(=O)c2nc3ccccc3s2)CN1C(=O)Cc1ccccc1. The Balaban J connectivity index is 1.30. The van der Waals surface area contributed by atoms with Crippen molar-refractivity contribution in [1.82, 2.24) is 20.1 Å². The van der Waals surface area contributed by atoms with Crippen LogP contribution in [0.5, 0.6) is 0 Å². The summed E-state index contributed by atoms with van der Waals surface area (Å²) in [5.74, 6) is -1.30. The van der Waals surface area contributed by atoms with Gasteiger partial charge in [-0.2, -0.15) is 0 Å². The lowest BCUT2D eigenvalue weighted by Gasteiger charge is -2.44. The standard InChI is InChI=1S/C30H36N8O4S/c31-16-23-29(42)38-19(17-37(23)25(39)15-18-7-2-1-3-8-18)12-13-22(38)27(41)35-21(10-6-14-34-30(32)33)26(40)28-36-20-9-4-5-11-24(20)43-28/h1-5,7-9,11,19,21-23H,6,10,12-17,31H2,(H,35,41)(H4,32,33,34). The van der Waals surface area contributed by atoms with E-state index in [1.54, 1.807) is 9.80 Å². The summed E-state index contributed by atoms with van der Waals surface area (Å²) < 4.78 is 0.869. The Morgan fingerprint density at radius 2 is 1.81 bits per heavy atom. The summed E-state index contributed by atoms with van der Waals surface area (Å²) in [5, 5.41) is 3.20. The lowest BCUT2D eigenvalue weighted by molar-refractivity contribution is -0.156. The van der Waals surface area contributed by atoms with Crippen molar-refractivity contribution in [1.29, 1.82) is 0 Å². The van der Waals surface area contributed by atoms with Crippen LogP contribution in [0.1, 0.15) is 41.0 Å². The lowest BCUT2D eigenvalue weighted by Crippen LogP contribution is -2.66. The van der Waals surface area contributed by atoms with Crippen LogP contribution < -0.4 is 22.5 Å². The Hall–Kier alpha value is -4.36. The fourth-order valence-electron chi connectivity index (χ4n) is 5.86. The van der Waals surface area contributed by atoms with Gasteiger partial charge in [-0.25, -0.2) is 4.98 Å². The number of piperazine rings is 1. The van der Waals surface area contributed by atoms with E-state index < -0.39 is 24.0 Å². The molecule has 0 radical (unpaired) electrons. The number of para-hydroxylation sites is 1. The first-order valence-electron chi connectivity index (χ1n) is 14.4. The summed E-state index contributed by atoms with van der Waals surface area (Å²) in [4.78, 5) is 65.8. The molecule has 43 heavy (non-hydrogen) atoms. The van der Waals surface area contributed by atoms with Crippen molar-refractivity contribution in [2.75, 3.05) is 19.6 Å². The predicted octanol–water partition coefficient (Wildman–Crippen LogP) is 0.789. The first kappa shape index (κ1) is 30.1. The fraction of sp³-hybridized carbons (Fsp3) is 0.400. The number of carbonyl (C=O) groups is 4. The number of hydrogen-bond donors (Lipinski definition) is 4. The summed E-state index contributed by atoms with van der Waals surface area (Å²) in [6.45, 7) is 0.541. The van der Waals surface area contributed by atoms with Gasteiger partial charge in [0.25, 0.3) is 0 Å². The van der Waals surface area contributed by atoms with Crippen LogP contribution in [-0.4, -0.2) is 88.0 Å². The molecular formula is C30H36N8O4S. The summed E-state index contributed by atoms with van der Waals surface area (Å²) in [5.41, 5.74) is 18.5. The van der Waals surface area contributed by atoms with Crippen LogP contribution in [0.4, 0.5) is 0 Å². The molecule has 0 spiro atoms. The summed E-state index contributed by atoms with van der Waals surface area (Å²) in [7, 11) is 0. The van der Waals surface area contributed by atoms with Crippen LogP contribution in [0.3, 0.4) is 0 Å². The number of carbonyl (C=O) groups excluding carboxylic acids is 4. The summed E-state index contributed by atoms with van der Waals surface area (Å²) in [6.07, 6.45) is 1.86. The zero-order chi connectivity index (χ0) is 30.5. The third-order valence-corrected chi connectivity index (χ3v) is 9.00.